The molecule has 0 aromatic rings. The molecule has 2 amide bonds. The summed E-state index contributed by atoms with van der Waals surface area (Å²) in [4.78, 5) is 24.8. The molecule has 1 aliphatic rings. The van der Waals surface area contributed by atoms with E-state index < -0.39 is 11.0 Å². The summed E-state index contributed by atoms with van der Waals surface area (Å²) in [5.41, 5.74) is -1.21. The maximum atomic E-state index is 11.7. The molecule has 0 aromatic carbocycles. The average molecular weight is 242 g/mol. The van der Waals surface area contributed by atoms with Gasteiger partial charge in [0.25, 0.3) is 0 Å². The summed E-state index contributed by atoms with van der Waals surface area (Å²) in [5, 5.41) is 12.4. The lowest BCUT2D eigenvalue weighted by molar-refractivity contribution is -0.155. The van der Waals surface area contributed by atoms with E-state index in [2.05, 4.69) is 5.32 Å². The molecule has 0 unspecified atom stereocenters. The molecule has 1 heterocycles. The van der Waals surface area contributed by atoms with E-state index in [0.717, 1.165) is 0 Å². The van der Waals surface area contributed by atoms with Gasteiger partial charge < -0.3 is 15.3 Å². The summed E-state index contributed by atoms with van der Waals surface area (Å²) in [6.45, 7) is 8.03. The highest BCUT2D eigenvalue weighted by Crippen LogP contribution is 2.23. The summed E-state index contributed by atoms with van der Waals surface area (Å²) in [6, 6.07) is 0. The minimum atomic E-state index is -0.719. The Labute approximate surface area is 102 Å². The molecule has 1 saturated heterocycles. The maximum absolute atomic E-state index is 11.7. The number of aliphatic hydroxyl groups is 1. The first-order chi connectivity index (χ1) is 7.68. The van der Waals surface area contributed by atoms with Gasteiger partial charge in [-0.25, -0.2) is 0 Å². The van der Waals surface area contributed by atoms with Crippen molar-refractivity contribution < 1.29 is 14.7 Å². The number of carbonyl (C=O) groups excluding carboxylic acids is 2. The first-order valence-corrected chi connectivity index (χ1v) is 5.96. The minimum Gasteiger partial charge on any atom is -0.386 e. The van der Waals surface area contributed by atoms with Crippen LogP contribution in [0.25, 0.3) is 0 Å². The lowest BCUT2D eigenvalue weighted by Gasteiger charge is -2.46. The van der Waals surface area contributed by atoms with Crippen molar-refractivity contribution in [2.45, 2.75) is 39.7 Å². The third-order valence-electron chi connectivity index (χ3n) is 3.06. The number of β-amino-alcohol motifs (C(OH)–C–C–N with tert-alkyl or cyclic N) is 1. The van der Waals surface area contributed by atoms with Gasteiger partial charge in [-0.2, -0.15) is 0 Å². The van der Waals surface area contributed by atoms with Crippen LogP contribution in [-0.2, 0) is 9.59 Å². The smallest absolute Gasteiger partial charge is 0.242 e. The number of carbonyl (C=O) groups is 2. The van der Waals surface area contributed by atoms with Crippen molar-refractivity contribution in [1.82, 2.24) is 10.2 Å². The Morgan fingerprint density at radius 3 is 2.29 bits per heavy atom. The van der Waals surface area contributed by atoms with Crippen LogP contribution in [0.15, 0.2) is 0 Å². The molecule has 2 N–H and O–H groups in total. The van der Waals surface area contributed by atoms with E-state index in [1.165, 1.54) is 0 Å². The van der Waals surface area contributed by atoms with Crippen LogP contribution in [0.2, 0.25) is 0 Å². The van der Waals surface area contributed by atoms with Crippen LogP contribution in [-0.4, -0.2) is 47.1 Å². The van der Waals surface area contributed by atoms with Gasteiger partial charge in [0, 0.05) is 5.41 Å². The van der Waals surface area contributed by atoms with Crippen LogP contribution >= 0.6 is 0 Å². The summed E-state index contributed by atoms with van der Waals surface area (Å²) in [5.74, 6) is -0.280. The van der Waals surface area contributed by atoms with E-state index in [4.69, 9.17) is 0 Å². The molecule has 17 heavy (non-hydrogen) atoms. The fraction of sp³-hybridized carbons (Fsp3) is 0.833. The molecule has 0 bridgehead atoms. The lowest BCUT2D eigenvalue weighted by atomic mass is 9.91. The summed E-state index contributed by atoms with van der Waals surface area (Å²) in [6.07, 6.45) is 0.644. The van der Waals surface area contributed by atoms with Gasteiger partial charge in [0.05, 0.1) is 25.2 Å². The Bertz CT molecular complexity index is 314. The summed E-state index contributed by atoms with van der Waals surface area (Å²) < 4.78 is 0. The van der Waals surface area contributed by atoms with Crippen molar-refractivity contribution >= 4 is 11.8 Å². The van der Waals surface area contributed by atoms with Crippen molar-refractivity contribution in [2.24, 2.45) is 5.41 Å². The number of likely N-dealkylation sites (tertiary alicyclic amines) is 1. The van der Waals surface area contributed by atoms with Gasteiger partial charge in [0.2, 0.25) is 11.8 Å². The molecule has 0 saturated carbocycles. The van der Waals surface area contributed by atoms with Crippen molar-refractivity contribution in [3.05, 3.63) is 0 Å². The zero-order valence-electron chi connectivity index (χ0n) is 11.0. The number of nitrogens with zero attached hydrogens (tertiary/aromatic N) is 1. The fourth-order valence-electron chi connectivity index (χ4n) is 1.60. The topological polar surface area (TPSA) is 69.6 Å². The van der Waals surface area contributed by atoms with Crippen LogP contribution in [0.4, 0.5) is 0 Å². The van der Waals surface area contributed by atoms with Crippen LogP contribution in [0.1, 0.15) is 34.1 Å². The quantitative estimate of drug-likeness (QED) is 0.739. The van der Waals surface area contributed by atoms with Crippen LogP contribution in [0.5, 0.6) is 0 Å². The van der Waals surface area contributed by atoms with E-state index in [9.17, 15) is 14.7 Å². The highest BCUT2D eigenvalue weighted by molar-refractivity contribution is 5.87. The molecule has 1 rings (SSSR count). The number of rotatable bonds is 3. The lowest BCUT2D eigenvalue weighted by Crippen LogP contribution is -2.64. The highest BCUT2D eigenvalue weighted by Gasteiger charge is 2.41. The van der Waals surface area contributed by atoms with E-state index in [1.54, 1.807) is 25.7 Å². The minimum absolute atomic E-state index is 0.00982. The number of hydrogen-bond acceptors (Lipinski definition) is 3. The Hall–Kier alpha value is -1.10. The molecule has 0 radical (unpaired) electrons. The Morgan fingerprint density at radius 1 is 1.35 bits per heavy atom. The molecular weight excluding hydrogens is 220 g/mol. The standard InChI is InChI=1S/C12H22N2O3/c1-5-12(17)7-14(8-12)9(15)6-13-10(16)11(2,3)4/h17H,5-8H2,1-4H3,(H,13,16). The molecule has 0 aliphatic carbocycles. The van der Waals surface area contributed by atoms with Gasteiger partial charge in [0.15, 0.2) is 0 Å². The summed E-state index contributed by atoms with van der Waals surface area (Å²) in [7, 11) is 0. The molecule has 5 heteroatoms. The first kappa shape index (κ1) is 14.0. The zero-order chi connectivity index (χ0) is 13.3. The average Bonchev–Trinajstić information content (AvgIpc) is 2.19. The Balaban J connectivity index is 2.31. The zero-order valence-corrected chi connectivity index (χ0v) is 11.0. The fourth-order valence-corrected chi connectivity index (χ4v) is 1.60. The number of nitrogens with one attached hydrogen (secondary N) is 1. The number of hydrogen-bond donors (Lipinski definition) is 2. The van der Waals surface area contributed by atoms with Crippen molar-refractivity contribution in [2.75, 3.05) is 19.6 Å². The third kappa shape index (κ3) is 3.43. The monoisotopic (exact) mass is 242 g/mol. The SMILES string of the molecule is CCC1(O)CN(C(=O)CNC(=O)C(C)(C)C)C1. The van der Waals surface area contributed by atoms with Crippen LogP contribution in [0, 0.1) is 5.41 Å². The largest absolute Gasteiger partial charge is 0.386 e. The molecule has 0 aromatic heterocycles. The van der Waals surface area contributed by atoms with Crippen molar-refractivity contribution in [1.29, 1.82) is 0 Å². The molecule has 0 atom stereocenters. The molecule has 98 valence electrons. The molecular formula is C12H22N2O3. The van der Waals surface area contributed by atoms with Gasteiger partial charge in [0.1, 0.15) is 0 Å². The van der Waals surface area contributed by atoms with Gasteiger partial charge in [-0.3, -0.25) is 9.59 Å². The second-order valence-electron chi connectivity index (χ2n) is 5.76. The van der Waals surface area contributed by atoms with E-state index in [0.29, 0.717) is 19.5 Å². The van der Waals surface area contributed by atoms with Crippen LogP contribution < -0.4 is 5.32 Å². The van der Waals surface area contributed by atoms with Crippen molar-refractivity contribution in [3.8, 4) is 0 Å². The van der Waals surface area contributed by atoms with Gasteiger partial charge in [-0.1, -0.05) is 27.7 Å². The van der Waals surface area contributed by atoms with Gasteiger partial charge in [-0.05, 0) is 6.42 Å². The van der Waals surface area contributed by atoms with Gasteiger partial charge in [-0.15, -0.1) is 0 Å². The van der Waals surface area contributed by atoms with E-state index in [-0.39, 0.29) is 18.4 Å². The summed E-state index contributed by atoms with van der Waals surface area (Å²) >= 11 is 0. The molecule has 1 fully saturated rings. The third-order valence-corrected chi connectivity index (χ3v) is 3.06. The Kier molecular flexibility index (Phi) is 3.81. The maximum Gasteiger partial charge on any atom is 0.242 e. The molecule has 0 spiro atoms. The predicted octanol–water partition coefficient (Wildman–Crippen LogP) is 0.132. The van der Waals surface area contributed by atoms with E-state index >= 15 is 0 Å². The molecule has 1 aliphatic heterocycles. The second kappa shape index (κ2) is 4.64. The van der Waals surface area contributed by atoms with Crippen LogP contribution in [0.3, 0.4) is 0 Å². The van der Waals surface area contributed by atoms with Gasteiger partial charge >= 0.3 is 0 Å². The Morgan fingerprint density at radius 2 is 1.88 bits per heavy atom. The predicted molar refractivity (Wildman–Crippen MR) is 64.3 cm³/mol. The molecule has 5 nitrogen and oxygen atoms in total. The highest BCUT2D eigenvalue weighted by atomic mass is 16.3. The van der Waals surface area contributed by atoms with E-state index in [1.807, 2.05) is 6.92 Å². The van der Waals surface area contributed by atoms with Crippen molar-refractivity contribution in [3.63, 3.8) is 0 Å². The first-order valence-electron chi connectivity index (χ1n) is 5.96. The second-order valence-corrected chi connectivity index (χ2v) is 5.76. The normalized spacial score (nSPS) is 18.5. The number of amides is 2.